The van der Waals surface area contributed by atoms with E-state index >= 15 is 0 Å². The number of amides is 1. The fourth-order valence-corrected chi connectivity index (χ4v) is 7.64. The van der Waals surface area contributed by atoms with E-state index in [1.165, 1.54) is 0 Å². The molecule has 1 aliphatic heterocycles. The monoisotopic (exact) mass is 615 g/mol. The van der Waals surface area contributed by atoms with Crippen LogP contribution in [-0.4, -0.2) is 55.4 Å². The third kappa shape index (κ3) is 6.20. The van der Waals surface area contributed by atoms with E-state index in [1.807, 2.05) is 17.0 Å². The lowest BCUT2D eigenvalue weighted by Gasteiger charge is -2.33. The van der Waals surface area contributed by atoms with Gasteiger partial charge in [-0.3, -0.25) is 9.69 Å². The number of sulfone groups is 1. The minimum Gasteiger partial charge on any atom is -0.484 e. The Bertz CT molecular complexity index is 1440. The molecular weight excluding hydrogens is 590 g/mol. The second-order valence-corrected chi connectivity index (χ2v) is 13.7. The number of likely N-dealkylation sites (tertiary alicyclic amines) is 1. The number of rotatable bonds is 9. The summed E-state index contributed by atoms with van der Waals surface area (Å²) in [6, 6.07) is 11.6. The van der Waals surface area contributed by atoms with Crippen LogP contribution in [0.4, 0.5) is 13.2 Å². The highest BCUT2D eigenvalue weighted by atomic mass is 35.5. The van der Waals surface area contributed by atoms with Crippen molar-refractivity contribution in [1.82, 2.24) is 10.2 Å². The van der Waals surface area contributed by atoms with Gasteiger partial charge in [-0.25, -0.2) is 8.42 Å². The number of nitrogens with zero attached hydrogens (tertiary/aromatic N) is 2. The van der Waals surface area contributed by atoms with Crippen molar-refractivity contribution in [1.29, 1.82) is 5.26 Å². The van der Waals surface area contributed by atoms with E-state index in [0.717, 1.165) is 36.6 Å². The van der Waals surface area contributed by atoms with E-state index < -0.39 is 45.4 Å². The van der Waals surface area contributed by atoms with Gasteiger partial charge < -0.3 is 10.1 Å². The molecule has 2 aromatic rings. The molecular formula is C27H26Cl2F3N3O4S. The Morgan fingerprint density at radius 1 is 1.18 bits per heavy atom. The molecule has 3 aliphatic rings. The van der Waals surface area contributed by atoms with Crippen LogP contribution >= 0.6 is 23.2 Å². The molecule has 13 heteroatoms. The Hall–Kier alpha value is -2.52. The van der Waals surface area contributed by atoms with Crippen LogP contribution < -0.4 is 10.1 Å². The molecule has 1 N–H and O–H groups in total. The number of halogens is 5. The second-order valence-electron chi connectivity index (χ2n) is 10.6. The first-order chi connectivity index (χ1) is 18.8. The van der Waals surface area contributed by atoms with Crippen molar-refractivity contribution in [2.45, 2.75) is 66.0 Å². The van der Waals surface area contributed by atoms with E-state index in [2.05, 4.69) is 11.4 Å². The SMILES string of the molecule is N#CC1(NC(=O)[C@@H]2C[C@@H](S(=O)(=O)c3ccc(OCC(F)(F)F)cc3Cl)CN2C(c2ccc(Cl)cc2)C2CC2)CC1. The molecule has 0 bridgehead atoms. The Morgan fingerprint density at radius 2 is 1.85 bits per heavy atom. The van der Waals surface area contributed by atoms with E-state index in [0.29, 0.717) is 17.9 Å². The van der Waals surface area contributed by atoms with Gasteiger partial charge >= 0.3 is 6.18 Å². The predicted molar refractivity (Wildman–Crippen MR) is 142 cm³/mol. The van der Waals surface area contributed by atoms with Gasteiger partial charge in [0, 0.05) is 23.7 Å². The van der Waals surface area contributed by atoms with Gasteiger partial charge in [-0.1, -0.05) is 35.3 Å². The molecule has 0 aromatic heterocycles. The molecule has 214 valence electrons. The third-order valence-electron chi connectivity index (χ3n) is 7.62. The lowest BCUT2D eigenvalue weighted by molar-refractivity contribution is -0.153. The Morgan fingerprint density at radius 3 is 2.40 bits per heavy atom. The van der Waals surface area contributed by atoms with Crippen molar-refractivity contribution in [2.24, 2.45) is 5.92 Å². The maximum absolute atomic E-state index is 13.8. The second kappa shape index (κ2) is 10.7. The average molecular weight is 616 g/mol. The highest BCUT2D eigenvalue weighted by molar-refractivity contribution is 7.92. The number of hydrogen-bond donors (Lipinski definition) is 1. The lowest BCUT2D eigenvalue weighted by Crippen LogP contribution is -2.48. The summed E-state index contributed by atoms with van der Waals surface area (Å²) in [5.74, 6) is -0.398. The minimum absolute atomic E-state index is 0.0326. The summed E-state index contributed by atoms with van der Waals surface area (Å²) >= 11 is 12.3. The largest absolute Gasteiger partial charge is 0.484 e. The van der Waals surface area contributed by atoms with E-state index in [-0.39, 0.29) is 40.6 Å². The number of nitrogens with one attached hydrogen (secondary N) is 1. The van der Waals surface area contributed by atoms with Crippen LogP contribution in [0.2, 0.25) is 10.0 Å². The molecule has 0 spiro atoms. The van der Waals surface area contributed by atoms with Crippen molar-refractivity contribution < 1.29 is 31.1 Å². The van der Waals surface area contributed by atoms with Crippen LogP contribution in [0, 0.1) is 17.2 Å². The van der Waals surface area contributed by atoms with Crippen LogP contribution in [0.15, 0.2) is 47.4 Å². The molecule has 1 amide bonds. The van der Waals surface area contributed by atoms with Gasteiger partial charge in [0.05, 0.1) is 27.3 Å². The van der Waals surface area contributed by atoms with Crippen LogP contribution in [-0.2, 0) is 14.6 Å². The molecule has 40 heavy (non-hydrogen) atoms. The lowest BCUT2D eigenvalue weighted by atomic mass is 9.99. The number of alkyl halides is 3. The molecule has 3 atom stereocenters. The zero-order valence-electron chi connectivity index (χ0n) is 21.1. The Balaban J connectivity index is 1.44. The molecule has 2 saturated carbocycles. The van der Waals surface area contributed by atoms with Gasteiger partial charge in [0.2, 0.25) is 5.91 Å². The molecule has 7 nitrogen and oxygen atoms in total. The molecule has 5 rings (SSSR count). The van der Waals surface area contributed by atoms with Crippen LogP contribution in [0.25, 0.3) is 0 Å². The number of ether oxygens (including phenoxy) is 1. The van der Waals surface area contributed by atoms with Crippen molar-refractivity contribution in [3.63, 3.8) is 0 Å². The summed E-state index contributed by atoms with van der Waals surface area (Å²) in [5, 5.41) is 11.6. The van der Waals surface area contributed by atoms with E-state index in [1.54, 1.807) is 12.1 Å². The summed E-state index contributed by atoms with van der Waals surface area (Å²) in [6.07, 6.45) is -1.69. The quantitative estimate of drug-likeness (QED) is 0.401. The molecule has 2 aromatic carbocycles. The van der Waals surface area contributed by atoms with Crippen molar-refractivity contribution in [3.8, 4) is 11.8 Å². The summed E-state index contributed by atoms with van der Waals surface area (Å²) in [4.78, 5) is 15.2. The maximum atomic E-state index is 13.8. The molecule has 0 radical (unpaired) electrons. The van der Waals surface area contributed by atoms with Crippen molar-refractivity contribution in [3.05, 3.63) is 58.1 Å². The molecule has 1 heterocycles. The van der Waals surface area contributed by atoms with Gasteiger partial charge in [-0.05, 0) is 67.9 Å². The fourth-order valence-electron chi connectivity index (χ4n) is 5.27. The number of carbonyl (C=O) groups is 1. The fraction of sp³-hybridized carbons (Fsp3) is 0.481. The summed E-state index contributed by atoms with van der Waals surface area (Å²) in [7, 11) is -4.11. The molecule has 1 unspecified atom stereocenters. The van der Waals surface area contributed by atoms with Gasteiger partial charge in [-0.2, -0.15) is 18.4 Å². The molecule has 3 fully saturated rings. The van der Waals surface area contributed by atoms with Gasteiger partial charge in [0.1, 0.15) is 11.3 Å². The highest BCUT2D eigenvalue weighted by Crippen LogP contribution is 2.48. The number of nitriles is 1. The predicted octanol–water partition coefficient (Wildman–Crippen LogP) is 5.47. The van der Waals surface area contributed by atoms with Crippen LogP contribution in [0.5, 0.6) is 5.75 Å². The smallest absolute Gasteiger partial charge is 0.422 e. The number of benzene rings is 2. The number of carbonyl (C=O) groups excluding carboxylic acids is 1. The summed E-state index contributed by atoms with van der Waals surface area (Å²) in [6.45, 7) is -1.51. The van der Waals surface area contributed by atoms with Crippen LogP contribution in [0.1, 0.15) is 43.7 Å². The molecule has 2 aliphatic carbocycles. The van der Waals surface area contributed by atoms with E-state index in [9.17, 15) is 31.6 Å². The zero-order valence-corrected chi connectivity index (χ0v) is 23.5. The van der Waals surface area contributed by atoms with Gasteiger partial charge in [-0.15, -0.1) is 0 Å². The molecule has 1 saturated heterocycles. The standard InChI is InChI=1S/C27H26Cl2F3N3O4S/c28-18-5-3-17(4-6-18)24(16-1-2-16)35-13-20(12-22(35)25(36)34-26(14-33)9-10-26)40(37,38)23-8-7-19(11-21(23)29)39-15-27(30,31)32/h3-8,11,16,20,22,24H,1-2,9-10,12-13,15H2,(H,34,36)/t20-,22+,24?/m1/s1. The first-order valence-corrected chi connectivity index (χ1v) is 15.1. The van der Waals surface area contributed by atoms with E-state index in [4.69, 9.17) is 27.9 Å². The topological polar surface area (TPSA) is 99.5 Å². The summed E-state index contributed by atoms with van der Waals surface area (Å²) < 4.78 is 69.9. The average Bonchev–Trinajstić information content (AvgIpc) is 3.82. The highest BCUT2D eigenvalue weighted by Gasteiger charge is 2.52. The third-order valence-corrected chi connectivity index (χ3v) is 10.5. The van der Waals surface area contributed by atoms with Crippen molar-refractivity contribution >= 4 is 38.9 Å². The van der Waals surface area contributed by atoms with Gasteiger partial charge in [0.15, 0.2) is 16.4 Å². The Labute approximate surface area is 240 Å². The van der Waals surface area contributed by atoms with Gasteiger partial charge in [0.25, 0.3) is 0 Å². The zero-order chi connectivity index (χ0) is 28.9. The van der Waals surface area contributed by atoms with Crippen LogP contribution in [0.3, 0.4) is 0 Å². The summed E-state index contributed by atoms with van der Waals surface area (Å²) in [5.41, 5.74) is -0.0155. The number of hydrogen-bond acceptors (Lipinski definition) is 6. The van der Waals surface area contributed by atoms with Crippen molar-refractivity contribution in [2.75, 3.05) is 13.2 Å². The first-order valence-electron chi connectivity index (χ1n) is 12.8. The maximum Gasteiger partial charge on any atom is 0.422 e. The minimum atomic E-state index is -4.56. The first kappa shape index (κ1) is 29.0. The normalized spacial score (nSPS) is 23.3. The Kier molecular flexibility index (Phi) is 7.76.